The van der Waals surface area contributed by atoms with Crippen LogP contribution in [-0.2, 0) is 36.5 Å². The van der Waals surface area contributed by atoms with Crippen molar-refractivity contribution in [3.63, 3.8) is 0 Å². The van der Waals surface area contributed by atoms with Crippen LogP contribution in [0.25, 0.3) is 0 Å². The largest absolute Gasteiger partial charge is 0.497 e. The second kappa shape index (κ2) is 15.2. The van der Waals surface area contributed by atoms with Gasteiger partial charge in [-0.15, -0.1) is 0 Å². The van der Waals surface area contributed by atoms with Crippen molar-refractivity contribution in [2.45, 2.75) is 44.9 Å². The molecule has 1 aliphatic heterocycles. The fraction of sp³-hybridized carbons (Fsp3) is 0.464. The number of amides is 3. The summed E-state index contributed by atoms with van der Waals surface area (Å²) in [4.78, 5) is 40.4. The number of rotatable bonds is 14. The molecule has 1 fully saturated rings. The molecule has 39 heavy (non-hydrogen) atoms. The highest BCUT2D eigenvalue weighted by Crippen LogP contribution is 2.18. The molecule has 0 saturated carbocycles. The number of anilines is 1. The summed E-state index contributed by atoms with van der Waals surface area (Å²) in [6.45, 7) is 3.02. The molecular formula is C28H37N3O7S. The highest BCUT2D eigenvalue weighted by molar-refractivity contribution is 7.86. The standard InChI is InChI=1S/C28H37N3O7S/c1-4-25(28(34)29-16-24-6-5-15-38-24)31(17-20-7-11-22(36-2)12-8-20)27(33)19-39(35)18-26(32)30-21-9-13-23(37-3)14-10-21/h7-14,24-25H,4-6,15-19H2,1-3H3,(H,29,34)(H,30,32). The van der Waals surface area contributed by atoms with Gasteiger partial charge in [0.2, 0.25) is 17.7 Å². The van der Waals surface area contributed by atoms with E-state index >= 15 is 0 Å². The molecule has 0 aliphatic carbocycles. The molecule has 1 saturated heterocycles. The molecule has 3 rings (SSSR count). The predicted octanol–water partition coefficient (Wildman–Crippen LogP) is 2.49. The van der Waals surface area contributed by atoms with Gasteiger partial charge in [-0.05, 0) is 61.2 Å². The molecule has 212 valence electrons. The van der Waals surface area contributed by atoms with E-state index in [1.54, 1.807) is 50.6 Å². The minimum Gasteiger partial charge on any atom is -0.497 e. The molecule has 0 aromatic heterocycles. The molecular weight excluding hydrogens is 522 g/mol. The van der Waals surface area contributed by atoms with Crippen molar-refractivity contribution in [3.8, 4) is 11.5 Å². The smallest absolute Gasteiger partial charge is 0.242 e. The normalized spacial score (nSPS) is 16.1. The van der Waals surface area contributed by atoms with E-state index in [0.29, 0.717) is 36.8 Å². The predicted molar refractivity (Wildman–Crippen MR) is 149 cm³/mol. The topological polar surface area (TPSA) is 123 Å². The summed E-state index contributed by atoms with van der Waals surface area (Å²) in [6.07, 6.45) is 2.17. The van der Waals surface area contributed by atoms with Crippen LogP contribution in [0.1, 0.15) is 31.7 Å². The van der Waals surface area contributed by atoms with Crippen LogP contribution in [-0.4, -0.2) is 77.9 Å². The first-order chi connectivity index (χ1) is 18.8. The molecule has 1 heterocycles. The summed E-state index contributed by atoms with van der Waals surface area (Å²) in [7, 11) is 1.33. The molecule has 2 aromatic carbocycles. The van der Waals surface area contributed by atoms with Crippen LogP contribution in [0.2, 0.25) is 0 Å². The van der Waals surface area contributed by atoms with E-state index in [9.17, 15) is 18.6 Å². The molecule has 0 spiro atoms. The number of ether oxygens (including phenoxy) is 3. The number of carbonyl (C=O) groups is 3. The summed E-state index contributed by atoms with van der Waals surface area (Å²) < 4.78 is 28.7. The number of carbonyl (C=O) groups excluding carboxylic acids is 3. The molecule has 0 radical (unpaired) electrons. The van der Waals surface area contributed by atoms with Gasteiger partial charge in [-0.2, -0.15) is 0 Å². The first-order valence-electron chi connectivity index (χ1n) is 12.9. The van der Waals surface area contributed by atoms with Gasteiger partial charge in [0.15, 0.2) is 0 Å². The highest BCUT2D eigenvalue weighted by Gasteiger charge is 2.30. The van der Waals surface area contributed by atoms with Gasteiger partial charge in [-0.25, -0.2) is 0 Å². The van der Waals surface area contributed by atoms with Crippen molar-refractivity contribution in [1.29, 1.82) is 0 Å². The Morgan fingerprint density at radius 3 is 2.23 bits per heavy atom. The van der Waals surface area contributed by atoms with Gasteiger partial charge in [0.1, 0.15) is 29.0 Å². The third-order valence-corrected chi connectivity index (χ3v) is 7.53. The second-order valence-corrected chi connectivity index (χ2v) is 10.6. The Balaban J connectivity index is 1.66. The van der Waals surface area contributed by atoms with Crippen LogP contribution in [0.15, 0.2) is 48.5 Å². The number of nitrogens with zero attached hydrogens (tertiary/aromatic N) is 1. The average molecular weight is 560 g/mol. The van der Waals surface area contributed by atoms with Crippen LogP contribution in [0, 0.1) is 0 Å². The lowest BCUT2D eigenvalue weighted by atomic mass is 10.1. The molecule has 2 N–H and O–H groups in total. The van der Waals surface area contributed by atoms with Gasteiger partial charge in [0.05, 0.1) is 20.3 Å². The van der Waals surface area contributed by atoms with E-state index in [1.165, 1.54) is 4.90 Å². The summed E-state index contributed by atoms with van der Waals surface area (Å²) >= 11 is 0. The molecule has 3 unspecified atom stereocenters. The molecule has 11 heteroatoms. The van der Waals surface area contributed by atoms with Crippen LogP contribution in [0.3, 0.4) is 0 Å². The number of nitrogens with one attached hydrogen (secondary N) is 2. The summed E-state index contributed by atoms with van der Waals surface area (Å²) in [5.41, 5.74) is 1.32. The van der Waals surface area contributed by atoms with Crippen LogP contribution in [0.4, 0.5) is 5.69 Å². The lowest BCUT2D eigenvalue weighted by Gasteiger charge is -2.31. The maximum Gasteiger partial charge on any atom is 0.242 e. The van der Waals surface area contributed by atoms with Gasteiger partial charge in [-0.1, -0.05) is 19.1 Å². The lowest BCUT2D eigenvalue weighted by molar-refractivity contribution is -0.139. The Kier molecular flexibility index (Phi) is 11.8. The van der Waals surface area contributed by atoms with Crippen molar-refractivity contribution in [1.82, 2.24) is 10.2 Å². The number of benzene rings is 2. The third kappa shape index (κ3) is 9.36. The van der Waals surface area contributed by atoms with Crippen molar-refractivity contribution in [3.05, 3.63) is 54.1 Å². The minimum absolute atomic E-state index is 0.0334. The summed E-state index contributed by atoms with van der Waals surface area (Å²) in [5, 5.41) is 5.58. The first-order valence-corrected chi connectivity index (χ1v) is 14.4. The van der Waals surface area contributed by atoms with Crippen LogP contribution >= 0.6 is 0 Å². The summed E-state index contributed by atoms with van der Waals surface area (Å²) in [5.74, 6) is -0.670. The van der Waals surface area contributed by atoms with Gasteiger partial charge >= 0.3 is 0 Å². The molecule has 0 bridgehead atoms. The van der Waals surface area contributed by atoms with E-state index in [1.807, 2.05) is 19.1 Å². The fourth-order valence-corrected chi connectivity index (χ4v) is 5.18. The van der Waals surface area contributed by atoms with E-state index in [-0.39, 0.29) is 30.1 Å². The zero-order valence-electron chi connectivity index (χ0n) is 22.6. The maximum absolute atomic E-state index is 13.4. The van der Waals surface area contributed by atoms with Crippen molar-refractivity contribution in [2.24, 2.45) is 0 Å². The quantitative estimate of drug-likeness (QED) is 0.365. The third-order valence-electron chi connectivity index (χ3n) is 6.38. The van der Waals surface area contributed by atoms with Gasteiger partial charge in [-0.3, -0.25) is 18.6 Å². The second-order valence-electron chi connectivity index (χ2n) is 9.18. The van der Waals surface area contributed by atoms with E-state index in [2.05, 4.69) is 10.6 Å². The number of hydrogen-bond acceptors (Lipinski definition) is 7. The van der Waals surface area contributed by atoms with Crippen molar-refractivity contribution >= 4 is 34.2 Å². The van der Waals surface area contributed by atoms with Crippen molar-refractivity contribution < 1.29 is 32.8 Å². The lowest BCUT2D eigenvalue weighted by Crippen LogP contribution is -2.51. The highest BCUT2D eigenvalue weighted by atomic mass is 32.2. The number of hydrogen-bond donors (Lipinski definition) is 2. The minimum atomic E-state index is -1.78. The van der Waals surface area contributed by atoms with Gasteiger partial charge in [0, 0.05) is 36.2 Å². The number of methoxy groups -OCH3 is 2. The molecule has 2 aromatic rings. The van der Waals surface area contributed by atoms with E-state index in [0.717, 1.165) is 18.4 Å². The Morgan fingerprint density at radius 2 is 1.67 bits per heavy atom. The molecule has 3 atom stereocenters. The Bertz CT molecular complexity index is 1120. The van der Waals surface area contributed by atoms with Crippen LogP contribution < -0.4 is 20.1 Å². The zero-order chi connectivity index (χ0) is 28.2. The first kappa shape index (κ1) is 30.1. The molecule has 1 aliphatic rings. The maximum atomic E-state index is 13.4. The fourth-order valence-electron chi connectivity index (χ4n) is 4.27. The van der Waals surface area contributed by atoms with Gasteiger partial charge in [0.25, 0.3) is 0 Å². The summed E-state index contributed by atoms with van der Waals surface area (Å²) in [6, 6.07) is 13.1. The molecule has 10 nitrogen and oxygen atoms in total. The van der Waals surface area contributed by atoms with Crippen LogP contribution in [0.5, 0.6) is 11.5 Å². The van der Waals surface area contributed by atoms with E-state index in [4.69, 9.17) is 14.2 Å². The molecule has 3 amide bonds. The Labute approximate surface area is 231 Å². The SMILES string of the molecule is CCC(C(=O)NCC1CCCO1)N(Cc1ccc(OC)cc1)C(=O)CS(=O)CC(=O)Nc1ccc(OC)cc1. The average Bonchev–Trinajstić information content (AvgIpc) is 3.46. The van der Waals surface area contributed by atoms with E-state index < -0.39 is 28.7 Å². The Hall–Kier alpha value is -3.44. The van der Waals surface area contributed by atoms with Gasteiger partial charge < -0.3 is 29.7 Å². The van der Waals surface area contributed by atoms with Crippen molar-refractivity contribution in [2.75, 3.05) is 44.2 Å². The zero-order valence-corrected chi connectivity index (χ0v) is 23.5. The monoisotopic (exact) mass is 559 g/mol. The Morgan fingerprint density at radius 1 is 1.03 bits per heavy atom.